The first-order valence-corrected chi connectivity index (χ1v) is 7.24. The predicted molar refractivity (Wildman–Crippen MR) is 73.4 cm³/mol. The van der Waals surface area contributed by atoms with E-state index in [9.17, 15) is 4.79 Å². The van der Waals surface area contributed by atoms with Gasteiger partial charge in [0, 0.05) is 17.9 Å². The maximum atomic E-state index is 12.2. The first kappa shape index (κ1) is 12.6. The highest BCUT2D eigenvalue weighted by atomic mass is 79.9. The van der Waals surface area contributed by atoms with Gasteiger partial charge in [-0.15, -0.1) is 0 Å². The largest absolute Gasteiger partial charge is 0.339 e. The number of aryl methyl sites for hydroxylation is 1. The van der Waals surface area contributed by atoms with Crippen molar-refractivity contribution in [2.75, 3.05) is 11.9 Å². The van der Waals surface area contributed by atoms with Gasteiger partial charge < -0.3 is 4.90 Å². The lowest BCUT2D eigenvalue weighted by atomic mass is 10.1. The lowest BCUT2D eigenvalue weighted by Crippen LogP contribution is -2.35. The number of nitrogens with zero attached hydrogens (tertiary/aromatic N) is 1. The van der Waals surface area contributed by atoms with E-state index in [4.69, 9.17) is 0 Å². The Hall–Kier alpha value is -0.830. The van der Waals surface area contributed by atoms with E-state index in [1.165, 1.54) is 18.4 Å². The molecular formula is C14H18BrNO. The molecule has 0 aromatic heterocycles. The number of hydrogen-bond acceptors (Lipinski definition) is 1. The van der Waals surface area contributed by atoms with Crippen LogP contribution in [-0.4, -0.2) is 28.7 Å². The van der Waals surface area contributed by atoms with Crippen LogP contribution in [0.15, 0.2) is 24.3 Å². The highest BCUT2D eigenvalue weighted by Crippen LogP contribution is 2.27. The van der Waals surface area contributed by atoms with E-state index in [1.807, 2.05) is 23.1 Å². The molecule has 1 aromatic rings. The summed E-state index contributed by atoms with van der Waals surface area (Å²) in [6.45, 7) is 2.89. The zero-order valence-corrected chi connectivity index (χ0v) is 11.7. The van der Waals surface area contributed by atoms with Crippen molar-refractivity contribution in [2.45, 2.75) is 32.2 Å². The third kappa shape index (κ3) is 3.32. The van der Waals surface area contributed by atoms with Crippen LogP contribution in [0.1, 0.15) is 24.0 Å². The minimum atomic E-state index is 0.265. The molecule has 1 aliphatic carbocycles. The molecule has 0 unspecified atom stereocenters. The van der Waals surface area contributed by atoms with Gasteiger partial charge in [-0.2, -0.15) is 0 Å². The summed E-state index contributed by atoms with van der Waals surface area (Å²) in [4.78, 5) is 14.3. The molecule has 17 heavy (non-hydrogen) atoms. The van der Waals surface area contributed by atoms with E-state index in [-0.39, 0.29) is 5.91 Å². The Kier molecular flexibility index (Phi) is 4.21. The van der Waals surface area contributed by atoms with Gasteiger partial charge in [0.25, 0.3) is 0 Å². The van der Waals surface area contributed by atoms with Gasteiger partial charge in [-0.1, -0.05) is 40.2 Å². The van der Waals surface area contributed by atoms with E-state index in [1.54, 1.807) is 0 Å². The SMILES string of the molecule is Cc1ccccc1CC(=O)N(CCBr)C1CC1. The molecule has 0 bridgehead atoms. The average Bonchev–Trinajstić information content (AvgIpc) is 3.13. The molecule has 1 aromatic carbocycles. The molecule has 3 heteroatoms. The minimum absolute atomic E-state index is 0.265. The van der Waals surface area contributed by atoms with Crippen LogP contribution in [0.5, 0.6) is 0 Å². The number of benzene rings is 1. The number of carbonyl (C=O) groups is 1. The van der Waals surface area contributed by atoms with Crippen molar-refractivity contribution in [1.82, 2.24) is 4.90 Å². The van der Waals surface area contributed by atoms with E-state index >= 15 is 0 Å². The summed E-state index contributed by atoms with van der Waals surface area (Å²) >= 11 is 3.42. The second-order valence-electron chi connectivity index (χ2n) is 4.61. The lowest BCUT2D eigenvalue weighted by Gasteiger charge is -2.21. The molecule has 0 saturated heterocycles. The third-order valence-electron chi connectivity index (χ3n) is 3.24. The van der Waals surface area contributed by atoms with Gasteiger partial charge in [0.2, 0.25) is 5.91 Å². The Bertz CT molecular complexity index is 401. The van der Waals surface area contributed by atoms with Gasteiger partial charge in [-0.05, 0) is 30.9 Å². The Morgan fingerprint density at radius 3 is 2.71 bits per heavy atom. The molecule has 1 fully saturated rings. The maximum absolute atomic E-state index is 12.2. The highest BCUT2D eigenvalue weighted by Gasteiger charge is 2.31. The van der Waals surface area contributed by atoms with Crippen molar-refractivity contribution in [1.29, 1.82) is 0 Å². The number of amides is 1. The first-order valence-electron chi connectivity index (χ1n) is 6.12. The van der Waals surface area contributed by atoms with Crippen molar-refractivity contribution < 1.29 is 4.79 Å². The van der Waals surface area contributed by atoms with Gasteiger partial charge >= 0.3 is 0 Å². The van der Waals surface area contributed by atoms with Crippen LogP contribution in [0.2, 0.25) is 0 Å². The van der Waals surface area contributed by atoms with Gasteiger partial charge in [0.05, 0.1) is 6.42 Å². The Labute approximate surface area is 111 Å². The predicted octanol–water partition coefficient (Wildman–Crippen LogP) is 2.92. The van der Waals surface area contributed by atoms with Crippen LogP contribution in [-0.2, 0) is 11.2 Å². The molecule has 92 valence electrons. The standard InChI is InChI=1S/C14H18BrNO/c1-11-4-2-3-5-12(11)10-14(17)16(9-8-15)13-6-7-13/h2-5,13H,6-10H2,1H3. The summed E-state index contributed by atoms with van der Waals surface area (Å²) in [6.07, 6.45) is 2.88. The molecule has 0 spiro atoms. The fraction of sp³-hybridized carbons (Fsp3) is 0.500. The second-order valence-corrected chi connectivity index (χ2v) is 5.40. The normalized spacial score (nSPS) is 14.7. The summed E-state index contributed by atoms with van der Waals surface area (Å²) < 4.78 is 0. The quantitative estimate of drug-likeness (QED) is 0.765. The highest BCUT2D eigenvalue weighted by molar-refractivity contribution is 9.09. The zero-order valence-electron chi connectivity index (χ0n) is 10.2. The van der Waals surface area contributed by atoms with Gasteiger partial charge in [0.15, 0.2) is 0 Å². The smallest absolute Gasteiger partial charge is 0.227 e. The summed E-state index contributed by atoms with van der Waals surface area (Å²) in [5.74, 6) is 0.265. The minimum Gasteiger partial charge on any atom is -0.339 e. The molecule has 0 aliphatic heterocycles. The Morgan fingerprint density at radius 1 is 1.41 bits per heavy atom. The summed E-state index contributed by atoms with van der Waals surface area (Å²) in [7, 11) is 0. The molecule has 0 radical (unpaired) electrons. The van der Waals surface area contributed by atoms with E-state index in [0.29, 0.717) is 12.5 Å². The van der Waals surface area contributed by atoms with Gasteiger partial charge in [0.1, 0.15) is 0 Å². The summed E-state index contributed by atoms with van der Waals surface area (Å²) in [5.41, 5.74) is 2.35. The molecule has 2 nitrogen and oxygen atoms in total. The van der Waals surface area contributed by atoms with Gasteiger partial charge in [-0.25, -0.2) is 0 Å². The molecular weight excluding hydrogens is 278 g/mol. The molecule has 1 aliphatic rings. The zero-order chi connectivity index (χ0) is 12.3. The molecule has 1 saturated carbocycles. The number of hydrogen-bond donors (Lipinski definition) is 0. The summed E-state index contributed by atoms with van der Waals surface area (Å²) in [5, 5.41) is 0.864. The molecule has 2 rings (SSSR count). The number of alkyl halides is 1. The van der Waals surface area contributed by atoms with Crippen LogP contribution in [0.25, 0.3) is 0 Å². The molecule has 1 amide bonds. The first-order chi connectivity index (χ1) is 8.22. The molecule has 0 N–H and O–H groups in total. The fourth-order valence-corrected chi connectivity index (χ4v) is 2.44. The number of carbonyl (C=O) groups excluding carboxylic acids is 1. The van der Waals surface area contributed by atoms with E-state index in [2.05, 4.69) is 28.9 Å². The van der Waals surface area contributed by atoms with E-state index < -0.39 is 0 Å². The van der Waals surface area contributed by atoms with Crippen molar-refractivity contribution in [3.63, 3.8) is 0 Å². The monoisotopic (exact) mass is 295 g/mol. The third-order valence-corrected chi connectivity index (χ3v) is 3.59. The van der Waals surface area contributed by atoms with Crippen LogP contribution >= 0.6 is 15.9 Å². The topological polar surface area (TPSA) is 20.3 Å². The van der Waals surface area contributed by atoms with Crippen LogP contribution in [0, 0.1) is 6.92 Å². The van der Waals surface area contributed by atoms with Crippen LogP contribution in [0.4, 0.5) is 0 Å². The van der Waals surface area contributed by atoms with Crippen molar-refractivity contribution in [3.8, 4) is 0 Å². The van der Waals surface area contributed by atoms with Crippen molar-refractivity contribution in [2.24, 2.45) is 0 Å². The fourth-order valence-electron chi connectivity index (χ4n) is 2.06. The Balaban J connectivity index is 2.02. The molecule has 0 atom stereocenters. The van der Waals surface area contributed by atoms with Crippen LogP contribution in [0.3, 0.4) is 0 Å². The van der Waals surface area contributed by atoms with Crippen LogP contribution < -0.4 is 0 Å². The second kappa shape index (κ2) is 5.67. The Morgan fingerprint density at radius 2 is 2.12 bits per heavy atom. The van der Waals surface area contributed by atoms with Crippen molar-refractivity contribution >= 4 is 21.8 Å². The molecule has 0 heterocycles. The van der Waals surface area contributed by atoms with Crippen molar-refractivity contribution in [3.05, 3.63) is 35.4 Å². The van der Waals surface area contributed by atoms with E-state index in [0.717, 1.165) is 17.4 Å². The number of halogens is 1. The average molecular weight is 296 g/mol. The number of rotatable bonds is 5. The maximum Gasteiger partial charge on any atom is 0.227 e. The van der Waals surface area contributed by atoms with Gasteiger partial charge in [-0.3, -0.25) is 4.79 Å². The summed E-state index contributed by atoms with van der Waals surface area (Å²) in [6, 6.07) is 8.63. The lowest BCUT2D eigenvalue weighted by molar-refractivity contribution is -0.130.